The predicted molar refractivity (Wildman–Crippen MR) is 325 cm³/mol. The van der Waals surface area contributed by atoms with E-state index in [1.54, 1.807) is 0 Å². The molecule has 0 atom stereocenters. The second-order valence-electron chi connectivity index (χ2n) is 20.6. The lowest BCUT2D eigenvalue weighted by Gasteiger charge is -2.44. The molecular weight excluding hydrogens is 932 g/mol. The molecule has 0 unspecified atom stereocenters. The van der Waals surface area contributed by atoms with Crippen LogP contribution >= 0.6 is 0 Å². The highest BCUT2D eigenvalue weighted by Crippen LogP contribution is 2.48. The van der Waals surface area contributed by atoms with Crippen LogP contribution in [-0.4, -0.2) is 16.7 Å². The standard InChI is InChI=1S/C72H45BN4/c1-4-16-46(17-5-1)48-28-32-60(33-29-48)76-66-42-57-38-53-24-12-10-22-51(53)36-55(57)40-63(66)73-64-41-56-37-52-23-11-13-25-54(52)39-58(56)43-67(64)77(61-34-30-49(31-35-61)47-18-6-2-7-19-47)69-45-59(44-68(76)70(69)73)71-62-26-14-15-27-65(62)74-72(75-71)50-20-8-3-9-21-50/h1-45H. The average molecular weight is 977 g/mol. The maximum absolute atomic E-state index is 5.57. The summed E-state index contributed by atoms with van der Waals surface area (Å²) >= 11 is 0. The molecule has 0 fully saturated rings. The largest absolute Gasteiger partial charge is 0.311 e. The summed E-state index contributed by atoms with van der Waals surface area (Å²) in [5.41, 5.74) is 19.0. The number of aromatic nitrogens is 2. The first-order valence-corrected chi connectivity index (χ1v) is 26.5. The normalized spacial score (nSPS) is 12.6. The third kappa shape index (κ3) is 7.09. The Balaban J connectivity index is 1.04. The second kappa shape index (κ2) is 17.2. The zero-order chi connectivity index (χ0) is 50.6. The Morgan fingerprint density at radius 2 is 0.662 bits per heavy atom. The highest BCUT2D eigenvalue weighted by Gasteiger charge is 2.44. The van der Waals surface area contributed by atoms with Gasteiger partial charge < -0.3 is 9.80 Å². The van der Waals surface area contributed by atoms with Crippen LogP contribution in [0, 0.1) is 0 Å². The molecule has 0 spiro atoms. The molecule has 2 aliphatic rings. The van der Waals surface area contributed by atoms with Crippen molar-refractivity contribution in [3.63, 3.8) is 0 Å². The van der Waals surface area contributed by atoms with Crippen molar-refractivity contribution in [2.45, 2.75) is 0 Å². The summed E-state index contributed by atoms with van der Waals surface area (Å²) in [6, 6.07) is 100. The van der Waals surface area contributed by atoms with Crippen LogP contribution in [0.15, 0.2) is 273 Å². The topological polar surface area (TPSA) is 32.3 Å². The Morgan fingerprint density at radius 1 is 0.273 bits per heavy atom. The zero-order valence-corrected chi connectivity index (χ0v) is 41.8. The van der Waals surface area contributed by atoms with Crippen LogP contribution in [0.1, 0.15) is 0 Å². The number of fused-ring (bicyclic) bond motifs is 9. The molecule has 0 aliphatic carbocycles. The van der Waals surface area contributed by atoms with Gasteiger partial charge in [0.15, 0.2) is 5.82 Å². The first kappa shape index (κ1) is 43.3. The molecule has 0 bridgehead atoms. The van der Waals surface area contributed by atoms with E-state index in [0.29, 0.717) is 5.82 Å². The van der Waals surface area contributed by atoms with Crippen LogP contribution in [0.5, 0.6) is 0 Å². The summed E-state index contributed by atoms with van der Waals surface area (Å²) in [4.78, 5) is 15.8. The van der Waals surface area contributed by atoms with Gasteiger partial charge in [0.05, 0.1) is 11.2 Å². The van der Waals surface area contributed by atoms with E-state index < -0.39 is 0 Å². The maximum atomic E-state index is 5.57. The van der Waals surface area contributed by atoms with Crippen LogP contribution in [0.2, 0.25) is 0 Å². The van der Waals surface area contributed by atoms with Crippen molar-refractivity contribution in [3.05, 3.63) is 273 Å². The van der Waals surface area contributed by atoms with Gasteiger partial charge in [-0.25, -0.2) is 9.97 Å². The molecule has 0 saturated carbocycles. The van der Waals surface area contributed by atoms with Gasteiger partial charge in [0.25, 0.3) is 6.71 Å². The lowest BCUT2D eigenvalue weighted by atomic mass is 9.33. The predicted octanol–water partition coefficient (Wildman–Crippen LogP) is 17.0. The van der Waals surface area contributed by atoms with Gasteiger partial charge in [0.2, 0.25) is 0 Å². The molecular formula is C72H45BN4. The minimum absolute atomic E-state index is 0.132. The zero-order valence-electron chi connectivity index (χ0n) is 41.8. The average Bonchev–Trinajstić information content (AvgIpc) is 3.58. The Morgan fingerprint density at radius 3 is 1.13 bits per heavy atom. The first-order valence-electron chi connectivity index (χ1n) is 26.5. The van der Waals surface area contributed by atoms with Crippen molar-refractivity contribution in [2.75, 3.05) is 9.80 Å². The lowest BCUT2D eigenvalue weighted by Crippen LogP contribution is -2.61. The van der Waals surface area contributed by atoms with Crippen molar-refractivity contribution in [1.29, 1.82) is 0 Å². The Bertz CT molecular complexity index is 4440. The van der Waals surface area contributed by atoms with E-state index in [1.165, 1.54) is 81.7 Å². The van der Waals surface area contributed by atoms with E-state index in [0.717, 1.165) is 61.8 Å². The number of rotatable bonds is 6. The Hall–Kier alpha value is -10.1. The molecule has 0 amide bonds. The van der Waals surface area contributed by atoms with E-state index in [9.17, 15) is 0 Å². The number of benzene rings is 13. The van der Waals surface area contributed by atoms with Crippen molar-refractivity contribution in [2.24, 2.45) is 0 Å². The summed E-state index contributed by atoms with van der Waals surface area (Å²) in [6.07, 6.45) is 0. The Kier molecular flexibility index (Phi) is 9.70. The van der Waals surface area contributed by atoms with E-state index in [4.69, 9.17) is 9.97 Å². The van der Waals surface area contributed by atoms with Gasteiger partial charge in [-0.05, 0) is 161 Å². The molecule has 2 aliphatic heterocycles. The molecule has 5 heteroatoms. The fraction of sp³-hybridized carbons (Fsp3) is 0. The molecule has 0 N–H and O–H groups in total. The van der Waals surface area contributed by atoms with Gasteiger partial charge in [0, 0.05) is 50.6 Å². The number of para-hydroxylation sites is 1. The lowest BCUT2D eigenvalue weighted by molar-refractivity contribution is 1.22. The van der Waals surface area contributed by atoms with Crippen LogP contribution in [0.3, 0.4) is 0 Å². The summed E-state index contributed by atoms with van der Waals surface area (Å²) < 4.78 is 0. The van der Waals surface area contributed by atoms with Crippen LogP contribution in [0.25, 0.3) is 98.9 Å². The van der Waals surface area contributed by atoms with E-state index in [1.807, 2.05) is 6.07 Å². The quantitative estimate of drug-likeness (QED) is 0.123. The fourth-order valence-electron chi connectivity index (χ4n) is 12.4. The first-order chi connectivity index (χ1) is 38.1. The van der Waals surface area contributed by atoms with Crippen LogP contribution in [0.4, 0.5) is 34.1 Å². The highest BCUT2D eigenvalue weighted by molar-refractivity contribution is 7.00. The summed E-state index contributed by atoms with van der Waals surface area (Å²) in [5, 5.41) is 10.7. The van der Waals surface area contributed by atoms with Gasteiger partial charge in [-0.1, -0.05) is 194 Å². The molecule has 356 valence electrons. The molecule has 0 radical (unpaired) electrons. The monoisotopic (exact) mass is 976 g/mol. The summed E-state index contributed by atoms with van der Waals surface area (Å²) in [5.74, 6) is 0.693. The number of hydrogen-bond acceptors (Lipinski definition) is 4. The smallest absolute Gasteiger partial charge is 0.252 e. The number of nitrogens with zero attached hydrogens (tertiary/aromatic N) is 4. The molecule has 13 aromatic carbocycles. The molecule has 77 heavy (non-hydrogen) atoms. The third-order valence-corrected chi connectivity index (χ3v) is 16.1. The Labute approximate surface area is 446 Å². The fourth-order valence-corrected chi connectivity index (χ4v) is 12.4. The molecule has 16 rings (SSSR count). The molecule has 4 nitrogen and oxygen atoms in total. The highest BCUT2D eigenvalue weighted by atomic mass is 15.2. The van der Waals surface area contributed by atoms with Gasteiger partial charge in [0.1, 0.15) is 0 Å². The van der Waals surface area contributed by atoms with Crippen molar-refractivity contribution < 1.29 is 0 Å². The number of anilines is 6. The number of hydrogen-bond donors (Lipinski definition) is 0. The van der Waals surface area contributed by atoms with Crippen LogP contribution in [-0.2, 0) is 0 Å². The van der Waals surface area contributed by atoms with Crippen molar-refractivity contribution in [1.82, 2.24) is 9.97 Å². The summed E-state index contributed by atoms with van der Waals surface area (Å²) in [7, 11) is 0. The van der Waals surface area contributed by atoms with Gasteiger partial charge in [-0.2, -0.15) is 0 Å². The van der Waals surface area contributed by atoms with Gasteiger partial charge >= 0.3 is 0 Å². The minimum atomic E-state index is -0.132. The van der Waals surface area contributed by atoms with Crippen molar-refractivity contribution in [3.8, 4) is 44.9 Å². The molecule has 1 aromatic heterocycles. The maximum Gasteiger partial charge on any atom is 0.252 e. The minimum Gasteiger partial charge on any atom is -0.311 e. The van der Waals surface area contributed by atoms with E-state index in [2.05, 4.69) is 277 Å². The molecule has 3 heterocycles. The van der Waals surface area contributed by atoms with Crippen molar-refractivity contribution >= 4 is 111 Å². The summed E-state index contributed by atoms with van der Waals surface area (Å²) in [6.45, 7) is -0.132. The van der Waals surface area contributed by atoms with Gasteiger partial charge in [-0.15, -0.1) is 0 Å². The van der Waals surface area contributed by atoms with E-state index in [-0.39, 0.29) is 6.71 Å². The SMILES string of the molecule is c1ccc(-c2ccc(N3c4cc5cc6ccccc6cc5cc4B4c5cc6cc7ccccc7cc6cc5N(c5ccc(-c6ccccc6)cc5)c5cc(-c6nc(-c7ccccc7)nc7ccccc67)cc3c54)cc2)cc1. The molecule has 0 saturated heterocycles. The van der Waals surface area contributed by atoms with Crippen LogP contribution < -0.4 is 26.2 Å². The van der Waals surface area contributed by atoms with Gasteiger partial charge in [-0.3, -0.25) is 0 Å². The third-order valence-electron chi connectivity index (χ3n) is 16.1. The van der Waals surface area contributed by atoms with E-state index >= 15 is 0 Å². The second-order valence-corrected chi connectivity index (χ2v) is 20.6. The molecule has 14 aromatic rings.